The second kappa shape index (κ2) is 3.58. The first-order valence-electron chi connectivity index (χ1n) is 6.75. The van der Waals surface area contributed by atoms with Crippen LogP contribution in [0.2, 0.25) is 0 Å². The van der Waals surface area contributed by atoms with Gasteiger partial charge in [-0.3, -0.25) is 0 Å². The standard InChI is InChI=1S/C18H16/c1-12-8-9-15-11-10-14-5-2-4-13-6-3-7-16(12)18(15)17(13)14/h2-6,8-9H,7,10-11H2,1H3. The molecular formula is C18H16. The SMILES string of the molecule is Cc1ccc2c3c1CC=Cc1cccc(c1-3)CC2. The minimum absolute atomic E-state index is 1.07. The minimum atomic E-state index is 1.07. The topological polar surface area (TPSA) is 0 Å². The Morgan fingerprint density at radius 1 is 0.889 bits per heavy atom. The summed E-state index contributed by atoms with van der Waals surface area (Å²) in [4.78, 5) is 0. The van der Waals surface area contributed by atoms with Gasteiger partial charge in [-0.25, -0.2) is 0 Å². The average Bonchev–Trinajstić information content (AvgIpc) is 2.60. The molecule has 0 nitrogen and oxygen atoms in total. The molecule has 0 amide bonds. The molecule has 0 radical (unpaired) electrons. The van der Waals surface area contributed by atoms with Crippen LogP contribution in [0.5, 0.6) is 0 Å². The van der Waals surface area contributed by atoms with Gasteiger partial charge in [-0.05, 0) is 65.1 Å². The number of hydrogen-bond donors (Lipinski definition) is 0. The Hall–Kier alpha value is -1.82. The predicted molar refractivity (Wildman–Crippen MR) is 76.8 cm³/mol. The van der Waals surface area contributed by atoms with E-state index in [0.29, 0.717) is 0 Å². The molecule has 2 aromatic rings. The first-order valence-corrected chi connectivity index (χ1v) is 6.75. The fourth-order valence-corrected chi connectivity index (χ4v) is 3.43. The lowest BCUT2D eigenvalue weighted by molar-refractivity contribution is 0.934. The van der Waals surface area contributed by atoms with Crippen LogP contribution in [0.3, 0.4) is 0 Å². The number of aryl methyl sites for hydroxylation is 3. The van der Waals surface area contributed by atoms with Gasteiger partial charge in [0.1, 0.15) is 0 Å². The number of benzene rings is 2. The third-order valence-electron chi connectivity index (χ3n) is 4.35. The summed E-state index contributed by atoms with van der Waals surface area (Å²) in [6.45, 7) is 2.24. The van der Waals surface area contributed by atoms with E-state index in [4.69, 9.17) is 0 Å². The molecule has 0 fully saturated rings. The molecule has 0 N–H and O–H groups in total. The number of allylic oxidation sites excluding steroid dienone is 1. The summed E-state index contributed by atoms with van der Waals surface area (Å²) in [5.41, 5.74) is 10.5. The lowest BCUT2D eigenvalue weighted by atomic mass is 9.80. The summed E-state index contributed by atoms with van der Waals surface area (Å²) in [5.74, 6) is 0. The third kappa shape index (κ3) is 1.26. The van der Waals surface area contributed by atoms with E-state index < -0.39 is 0 Å². The molecule has 0 saturated carbocycles. The highest BCUT2D eigenvalue weighted by Crippen LogP contribution is 2.41. The molecule has 18 heavy (non-hydrogen) atoms. The van der Waals surface area contributed by atoms with E-state index in [-0.39, 0.29) is 0 Å². The second-order valence-corrected chi connectivity index (χ2v) is 5.38. The van der Waals surface area contributed by atoms with E-state index in [1.54, 1.807) is 5.56 Å². The van der Waals surface area contributed by atoms with Gasteiger partial charge in [0.25, 0.3) is 0 Å². The Morgan fingerprint density at radius 2 is 1.72 bits per heavy atom. The minimum Gasteiger partial charge on any atom is -0.0795 e. The van der Waals surface area contributed by atoms with Crippen molar-refractivity contribution >= 4 is 6.08 Å². The van der Waals surface area contributed by atoms with Crippen molar-refractivity contribution < 1.29 is 0 Å². The van der Waals surface area contributed by atoms with Gasteiger partial charge in [-0.1, -0.05) is 42.5 Å². The molecule has 0 bridgehead atoms. The van der Waals surface area contributed by atoms with Gasteiger partial charge in [-0.2, -0.15) is 0 Å². The van der Waals surface area contributed by atoms with Crippen molar-refractivity contribution in [2.45, 2.75) is 26.2 Å². The van der Waals surface area contributed by atoms with E-state index in [9.17, 15) is 0 Å². The summed E-state index contributed by atoms with van der Waals surface area (Å²) in [6.07, 6.45) is 8.07. The molecule has 0 aromatic heterocycles. The molecule has 0 heteroatoms. The fraction of sp³-hybridized carbons (Fsp3) is 0.222. The molecule has 0 spiro atoms. The summed E-state index contributed by atoms with van der Waals surface area (Å²) >= 11 is 0. The van der Waals surface area contributed by atoms with Gasteiger partial charge < -0.3 is 0 Å². The zero-order chi connectivity index (χ0) is 12.1. The van der Waals surface area contributed by atoms with Gasteiger partial charge in [0.2, 0.25) is 0 Å². The van der Waals surface area contributed by atoms with Crippen LogP contribution < -0.4 is 0 Å². The van der Waals surface area contributed by atoms with Crippen LogP contribution >= 0.6 is 0 Å². The molecular weight excluding hydrogens is 216 g/mol. The maximum atomic E-state index is 2.33. The quantitative estimate of drug-likeness (QED) is 0.634. The van der Waals surface area contributed by atoms with E-state index in [2.05, 4.69) is 49.4 Å². The summed E-state index contributed by atoms with van der Waals surface area (Å²) in [6, 6.07) is 11.4. The van der Waals surface area contributed by atoms with Crippen LogP contribution in [-0.2, 0) is 19.3 Å². The molecule has 0 heterocycles. The Kier molecular flexibility index (Phi) is 2.02. The largest absolute Gasteiger partial charge is 0.0795 e. The molecule has 0 atom stereocenters. The molecule has 2 aliphatic carbocycles. The monoisotopic (exact) mass is 232 g/mol. The molecule has 0 saturated heterocycles. The van der Waals surface area contributed by atoms with Crippen molar-refractivity contribution in [3.63, 3.8) is 0 Å². The van der Waals surface area contributed by atoms with Crippen LogP contribution in [0, 0.1) is 6.92 Å². The van der Waals surface area contributed by atoms with Gasteiger partial charge in [-0.15, -0.1) is 0 Å². The zero-order valence-electron chi connectivity index (χ0n) is 10.7. The second-order valence-electron chi connectivity index (χ2n) is 5.38. The Bertz CT molecular complexity index is 675. The van der Waals surface area contributed by atoms with E-state index in [0.717, 1.165) is 6.42 Å². The van der Waals surface area contributed by atoms with Crippen molar-refractivity contribution in [1.82, 2.24) is 0 Å². The van der Waals surface area contributed by atoms with Crippen LogP contribution in [-0.4, -0.2) is 0 Å². The predicted octanol–water partition coefficient (Wildman–Crippen LogP) is 4.33. The van der Waals surface area contributed by atoms with Crippen molar-refractivity contribution in [3.05, 3.63) is 64.2 Å². The van der Waals surface area contributed by atoms with Gasteiger partial charge in [0, 0.05) is 0 Å². The molecule has 0 unspecified atom stereocenters. The molecule has 2 aliphatic rings. The Balaban J connectivity index is 2.18. The summed E-state index contributed by atoms with van der Waals surface area (Å²) < 4.78 is 0. The summed E-state index contributed by atoms with van der Waals surface area (Å²) in [7, 11) is 0. The highest BCUT2D eigenvalue weighted by Gasteiger charge is 2.22. The number of hydrogen-bond acceptors (Lipinski definition) is 0. The van der Waals surface area contributed by atoms with Crippen molar-refractivity contribution in [3.8, 4) is 11.1 Å². The Morgan fingerprint density at radius 3 is 2.61 bits per heavy atom. The Labute approximate surface area is 108 Å². The third-order valence-corrected chi connectivity index (χ3v) is 4.35. The molecule has 0 aliphatic heterocycles. The van der Waals surface area contributed by atoms with E-state index in [1.165, 1.54) is 46.2 Å². The van der Waals surface area contributed by atoms with Crippen LogP contribution in [0.4, 0.5) is 0 Å². The normalized spacial score (nSPS) is 15.2. The van der Waals surface area contributed by atoms with Gasteiger partial charge in [0.05, 0.1) is 0 Å². The van der Waals surface area contributed by atoms with Gasteiger partial charge >= 0.3 is 0 Å². The van der Waals surface area contributed by atoms with Crippen LogP contribution in [0.25, 0.3) is 17.2 Å². The van der Waals surface area contributed by atoms with E-state index >= 15 is 0 Å². The van der Waals surface area contributed by atoms with Crippen LogP contribution in [0.1, 0.15) is 27.8 Å². The van der Waals surface area contributed by atoms with Gasteiger partial charge in [0.15, 0.2) is 0 Å². The molecule has 2 aromatic carbocycles. The maximum Gasteiger partial charge on any atom is -0.00736 e. The first kappa shape index (κ1) is 10.1. The highest BCUT2D eigenvalue weighted by molar-refractivity contribution is 5.85. The van der Waals surface area contributed by atoms with Crippen molar-refractivity contribution in [2.75, 3.05) is 0 Å². The fourth-order valence-electron chi connectivity index (χ4n) is 3.43. The lowest BCUT2D eigenvalue weighted by Crippen LogP contribution is -2.08. The average molecular weight is 232 g/mol. The van der Waals surface area contributed by atoms with Crippen molar-refractivity contribution in [1.29, 1.82) is 0 Å². The smallest absolute Gasteiger partial charge is 0.00736 e. The molecule has 88 valence electrons. The lowest BCUT2D eigenvalue weighted by Gasteiger charge is -2.24. The summed E-state index contributed by atoms with van der Waals surface area (Å²) in [5, 5.41) is 0. The zero-order valence-corrected chi connectivity index (χ0v) is 10.7. The molecule has 4 rings (SSSR count). The van der Waals surface area contributed by atoms with E-state index in [1.807, 2.05) is 0 Å². The first-order chi connectivity index (χ1) is 8.84. The number of rotatable bonds is 0. The maximum absolute atomic E-state index is 2.33. The van der Waals surface area contributed by atoms with Crippen LogP contribution in [0.15, 0.2) is 36.4 Å². The van der Waals surface area contributed by atoms with Crippen molar-refractivity contribution in [2.24, 2.45) is 0 Å². The highest BCUT2D eigenvalue weighted by atomic mass is 14.3.